The van der Waals surface area contributed by atoms with Crippen molar-refractivity contribution >= 4 is 39.6 Å². The quantitative estimate of drug-likeness (QED) is 0.726. The van der Waals surface area contributed by atoms with E-state index in [-0.39, 0.29) is 11.8 Å². The molecule has 3 aromatic rings. The minimum Gasteiger partial charge on any atom is -0.458 e. The highest BCUT2D eigenvalue weighted by Gasteiger charge is 2.13. The van der Waals surface area contributed by atoms with Crippen LogP contribution in [0.2, 0.25) is 0 Å². The van der Waals surface area contributed by atoms with Crippen molar-refractivity contribution in [2.24, 2.45) is 0 Å². The number of carbonyl (C=O) groups excluding carboxylic acids is 2. The molecule has 0 saturated carbocycles. The van der Waals surface area contributed by atoms with Gasteiger partial charge in [0.2, 0.25) is 5.91 Å². The van der Waals surface area contributed by atoms with Gasteiger partial charge in [0.1, 0.15) is 11.5 Å². The molecular formula is C16H15N3O3S2. The van der Waals surface area contributed by atoms with Gasteiger partial charge in [0, 0.05) is 17.2 Å². The van der Waals surface area contributed by atoms with E-state index in [4.69, 9.17) is 4.42 Å². The van der Waals surface area contributed by atoms with Crippen molar-refractivity contribution < 1.29 is 14.0 Å². The molecule has 3 rings (SSSR count). The van der Waals surface area contributed by atoms with Crippen LogP contribution in [-0.2, 0) is 11.3 Å². The standard InChI is InChI=1S/C16H15N3O3S2/c1-9-3-6-14(24-9)15(21)19-16-18-12(8-23-16)13-5-4-11(22-13)7-17-10(2)20/h3-6,8H,7H2,1-2H3,(H,17,20)(H,18,19,21). The van der Waals surface area contributed by atoms with Crippen molar-refractivity contribution in [3.63, 3.8) is 0 Å². The van der Waals surface area contributed by atoms with E-state index in [2.05, 4.69) is 15.6 Å². The summed E-state index contributed by atoms with van der Waals surface area (Å²) >= 11 is 2.77. The number of hydrogen-bond acceptors (Lipinski definition) is 6. The zero-order valence-corrected chi connectivity index (χ0v) is 14.7. The van der Waals surface area contributed by atoms with Gasteiger partial charge in [-0.25, -0.2) is 4.98 Å². The van der Waals surface area contributed by atoms with Crippen molar-refractivity contribution in [2.45, 2.75) is 20.4 Å². The summed E-state index contributed by atoms with van der Waals surface area (Å²) < 4.78 is 5.65. The fraction of sp³-hybridized carbons (Fsp3) is 0.188. The number of hydrogen-bond donors (Lipinski definition) is 2. The maximum Gasteiger partial charge on any atom is 0.267 e. The Morgan fingerprint density at radius 2 is 2.08 bits per heavy atom. The average Bonchev–Trinajstić information content (AvgIpc) is 3.24. The number of rotatable bonds is 5. The largest absolute Gasteiger partial charge is 0.458 e. The number of thiazole rings is 1. The van der Waals surface area contributed by atoms with E-state index >= 15 is 0 Å². The van der Waals surface area contributed by atoms with Crippen LogP contribution in [0, 0.1) is 6.92 Å². The van der Waals surface area contributed by atoms with E-state index in [1.54, 1.807) is 18.2 Å². The zero-order chi connectivity index (χ0) is 17.1. The molecule has 0 aliphatic rings. The Kier molecular flexibility index (Phi) is 4.77. The molecule has 0 atom stereocenters. The normalized spacial score (nSPS) is 10.6. The third-order valence-corrected chi connectivity index (χ3v) is 4.87. The molecule has 0 fully saturated rings. The molecule has 0 saturated heterocycles. The number of aryl methyl sites for hydroxylation is 1. The molecule has 0 aliphatic carbocycles. The van der Waals surface area contributed by atoms with Gasteiger partial charge in [0.05, 0.1) is 11.4 Å². The number of amides is 2. The smallest absolute Gasteiger partial charge is 0.267 e. The monoisotopic (exact) mass is 361 g/mol. The van der Waals surface area contributed by atoms with Crippen molar-refractivity contribution in [3.05, 3.63) is 45.2 Å². The Labute approximate surface area is 146 Å². The number of thiophene rings is 1. The van der Waals surface area contributed by atoms with Gasteiger partial charge < -0.3 is 9.73 Å². The molecule has 0 radical (unpaired) electrons. The lowest BCUT2D eigenvalue weighted by molar-refractivity contribution is -0.119. The first-order valence-corrected chi connectivity index (χ1v) is 8.88. The summed E-state index contributed by atoms with van der Waals surface area (Å²) in [6.45, 7) is 3.74. The predicted molar refractivity (Wildman–Crippen MR) is 94.3 cm³/mol. The van der Waals surface area contributed by atoms with Gasteiger partial charge >= 0.3 is 0 Å². The molecule has 3 aromatic heterocycles. The molecular weight excluding hydrogens is 346 g/mol. The first kappa shape index (κ1) is 16.4. The lowest BCUT2D eigenvalue weighted by Crippen LogP contribution is -2.18. The molecule has 6 nitrogen and oxygen atoms in total. The lowest BCUT2D eigenvalue weighted by Gasteiger charge is -1.98. The van der Waals surface area contributed by atoms with E-state index in [0.29, 0.717) is 33.8 Å². The van der Waals surface area contributed by atoms with Gasteiger partial charge in [0.25, 0.3) is 5.91 Å². The molecule has 24 heavy (non-hydrogen) atoms. The van der Waals surface area contributed by atoms with E-state index < -0.39 is 0 Å². The van der Waals surface area contributed by atoms with Gasteiger partial charge in [-0.05, 0) is 31.2 Å². The highest BCUT2D eigenvalue weighted by atomic mass is 32.1. The molecule has 124 valence electrons. The summed E-state index contributed by atoms with van der Waals surface area (Å²) in [4.78, 5) is 29.2. The van der Waals surface area contributed by atoms with Gasteiger partial charge in [-0.2, -0.15) is 0 Å². The third-order valence-electron chi connectivity index (χ3n) is 3.11. The summed E-state index contributed by atoms with van der Waals surface area (Å²) in [5, 5.41) is 7.79. The van der Waals surface area contributed by atoms with E-state index in [9.17, 15) is 9.59 Å². The summed E-state index contributed by atoms with van der Waals surface area (Å²) in [6.07, 6.45) is 0. The van der Waals surface area contributed by atoms with Gasteiger partial charge in [-0.3, -0.25) is 14.9 Å². The summed E-state index contributed by atoms with van der Waals surface area (Å²) in [5.41, 5.74) is 0.645. The second-order valence-electron chi connectivity index (χ2n) is 5.08. The van der Waals surface area contributed by atoms with E-state index in [1.807, 2.05) is 18.4 Å². The van der Waals surface area contributed by atoms with Crippen LogP contribution < -0.4 is 10.6 Å². The van der Waals surface area contributed by atoms with Crippen molar-refractivity contribution in [1.82, 2.24) is 10.3 Å². The Hall–Kier alpha value is -2.45. The predicted octanol–water partition coefficient (Wildman–Crippen LogP) is 3.66. The first-order chi connectivity index (χ1) is 11.5. The van der Waals surface area contributed by atoms with Crippen LogP contribution in [0.25, 0.3) is 11.5 Å². The molecule has 0 aromatic carbocycles. The van der Waals surface area contributed by atoms with Crippen molar-refractivity contribution in [2.75, 3.05) is 5.32 Å². The summed E-state index contributed by atoms with van der Waals surface area (Å²) in [7, 11) is 0. The number of nitrogens with zero attached hydrogens (tertiary/aromatic N) is 1. The minimum atomic E-state index is -0.167. The molecule has 0 aliphatic heterocycles. The fourth-order valence-corrected chi connectivity index (χ4v) is 3.44. The third kappa shape index (κ3) is 3.90. The van der Waals surface area contributed by atoms with Crippen LogP contribution in [0.1, 0.15) is 27.2 Å². The van der Waals surface area contributed by atoms with Crippen molar-refractivity contribution in [1.29, 1.82) is 0 Å². The van der Waals surface area contributed by atoms with Crippen LogP contribution in [-0.4, -0.2) is 16.8 Å². The maximum atomic E-state index is 12.1. The lowest BCUT2D eigenvalue weighted by atomic mass is 10.3. The highest BCUT2D eigenvalue weighted by Crippen LogP contribution is 2.27. The molecule has 8 heteroatoms. The Bertz CT molecular complexity index is 879. The summed E-state index contributed by atoms with van der Waals surface area (Å²) in [5.74, 6) is 0.960. The minimum absolute atomic E-state index is 0.115. The highest BCUT2D eigenvalue weighted by molar-refractivity contribution is 7.15. The number of carbonyl (C=O) groups is 2. The van der Waals surface area contributed by atoms with Crippen LogP contribution in [0.15, 0.2) is 34.1 Å². The molecule has 2 N–H and O–H groups in total. The Morgan fingerprint density at radius 1 is 1.25 bits per heavy atom. The van der Waals surface area contributed by atoms with Crippen LogP contribution >= 0.6 is 22.7 Å². The second-order valence-corrected chi connectivity index (χ2v) is 7.22. The maximum absolute atomic E-state index is 12.1. The topological polar surface area (TPSA) is 84.2 Å². The fourth-order valence-electron chi connectivity index (χ4n) is 1.98. The Balaban J connectivity index is 1.67. The SMILES string of the molecule is CC(=O)NCc1ccc(-c2csc(NC(=O)c3ccc(C)s3)n2)o1. The van der Waals surface area contributed by atoms with Crippen molar-refractivity contribution in [3.8, 4) is 11.5 Å². The molecule has 3 heterocycles. The molecule has 0 unspecified atom stereocenters. The van der Waals surface area contributed by atoms with Gasteiger partial charge in [0.15, 0.2) is 10.9 Å². The summed E-state index contributed by atoms with van der Waals surface area (Å²) in [6, 6.07) is 7.29. The van der Waals surface area contributed by atoms with E-state index in [1.165, 1.54) is 29.6 Å². The van der Waals surface area contributed by atoms with Crippen LogP contribution in [0.4, 0.5) is 5.13 Å². The van der Waals surface area contributed by atoms with Crippen LogP contribution in [0.3, 0.4) is 0 Å². The average molecular weight is 361 g/mol. The number of nitrogens with one attached hydrogen (secondary N) is 2. The second kappa shape index (κ2) is 6.98. The van der Waals surface area contributed by atoms with E-state index in [0.717, 1.165) is 4.88 Å². The Morgan fingerprint density at radius 3 is 2.79 bits per heavy atom. The van der Waals surface area contributed by atoms with Crippen LogP contribution in [0.5, 0.6) is 0 Å². The first-order valence-electron chi connectivity index (χ1n) is 7.18. The van der Waals surface area contributed by atoms with Gasteiger partial charge in [-0.1, -0.05) is 0 Å². The number of anilines is 1. The molecule has 0 spiro atoms. The molecule has 0 bridgehead atoms. The molecule has 2 amide bonds. The number of aromatic nitrogens is 1. The number of furan rings is 1. The zero-order valence-electron chi connectivity index (χ0n) is 13.1. The van der Waals surface area contributed by atoms with Gasteiger partial charge in [-0.15, -0.1) is 22.7 Å².